The average Bonchev–Trinajstić information content (AvgIpc) is 2.29. The fourth-order valence-electron chi connectivity index (χ4n) is 1.19. The molecule has 1 aromatic rings. The number of ether oxygens (including phenoxy) is 1. The van der Waals surface area contributed by atoms with Crippen molar-refractivity contribution in [3.05, 3.63) is 42.0 Å². The molecule has 98 valence electrons. The average molecular weight is 262 g/mol. The maximum absolute atomic E-state index is 12.8. The van der Waals surface area contributed by atoms with Gasteiger partial charge in [-0.3, -0.25) is 4.79 Å². The lowest BCUT2D eigenvalue weighted by atomic mass is 10.1. The summed E-state index contributed by atoms with van der Waals surface area (Å²) in [6.45, 7) is 1.56. The van der Waals surface area contributed by atoms with E-state index < -0.39 is 24.1 Å². The van der Waals surface area contributed by atoms with E-state index in [1.807, 2.05) is 0 Å². The summed E-state index contributed by atoms with van der Waals surface area (Å²) in [6, 6.07) is 4.99. The minimum absolute atomic E-state index is 0.198. The minimum atomic E-state index is -4.63. The molecule has 0 radical (unpaired) electrons. The second-order valence-corrected chi connectivity index (χ2v) is 3.32. The first kappa shape index (κ1) is 14.2. The zero-order valence-corrected chi connectivity index (χ0v) is 9.37. The van der Waals surface area contributed by atoms with E-state index in [9.17, 15) is 22.4 Å². The summed E-state index contributed by atoms with van der Waals surface area (Å²) in [7, 11) is 0. The monoisotopic (exact) mass is 262 g/mol. The number of carbonyl (C=O) groups is 1. The molecule has 0 saturated heterocycles. The topological polar surface area (TPSA) is 26.3 Å². The third-order valence-electron chi connectivity index (χ3n) is 1.97. The van der Waals surface area contributed by atoms with Crippen LogP contribution in [0.1, 0.15) is 17.3 Å². The third-order valence-corrected chi connectivity index (χ3v) is 1.97. The number of para-hydroxylation sites is 1. The molecule has 0 saturated carbocycles. The largest absolute Gasteiger partial charge is 0.461 e. The lowest BCUT2D eigenvalue weighted by Gasteiger charge is -2.18. The lowest BCUT2D eigenvalue weighted by molar-refractivity contribution is -0.253. The van der Waals surface area contributed by atoms with Crippen LogP contribution in [0.5, 0.6) is 5.75 Å². The molecule has 0 aliphatic heterocycles. The Morgan fingerprint density at radius 1 is 1.33 bits per heavy atom. The van der Waals surface area contributed by atoms with Gasteiger partial charge in [0.15, 0.2) is 5.78 Å². The summed E-state index contributed by atoms with van der Waals surface area (Å²) in [5.41, 5.74) is -0.198. The number of benzene rings is 1. The van der Waals surface area contributed by atoms with E-state index in [1.165, 1.54) is 24.3 Å². The Labute approximate surface area is 101 Å². The molecule has 0 unspecified atom stereocenters. The van der Waals surface area contributed by atoms with Gasteiger partial charge in [-0.25, -0.2) is 0 Å². The highest BCUT2D eigenvalue weighted by atomic mass is 19.3. The predicted octanol–water partition coefficient (Wildman–Crippen LogP) is 3.68. The van der Waals surface area contributed by atoms with E-state index in [4.69, 9.17) is 0 Å². The number of allylic oxidation sites excluding steroid dienone is 2. The molecule has 0 aromatic heterocycles. The van der Waals surface area contributed by atoms with Gasteiger partial charge in [0.25, 0.3) is 0 Å². The van der Waals surface area contributed by atoms with E-state index >= 15 is 0 Å². The number of halogens is 4. The molecular weight excluding hydrogens is 252 g/mol. The first-order valence-corrected chi connectivity index (χ1v) is 4.99. The summed E-state index contributed by atoms with van der Waals surface area (Å²) >= 11 is 0. The molecule has 6 heteroatoms. The van der Waals surface area contributed by atoms with Gasteiger partial charge in [0.05, 0.1) is 5.56 Å². The fraction of sp³-hybridized carbons (Fsp3) is 0.250. The van der Waals surface area contributed by atoms with E-state index in [2.05, 4.69) is 4.74 Å². The van der Waals surface area contributed by atoms with Gasteiger partial charge >= 0.3 is 12.5 Å². The molecule has 1 rings (SSSR count). The molecule has 0 fully saturated rings. The molecule has 0 aliphatic carbocycles. The van der Waals surface area contributed by atoms with Gasteiger partial charge in [-0.15, -0.1) is 0 Å². The van der Waals surface area contributed by atoms with Crippen LogP contribution in [0.2, 0.25) is 0 Å². The molecule has 0 heterocycles. The highest BCUT2D eigenvalue weighted by Gasteiger charge is 2.44. The quantitative estimate of drug-likeness (QED) is 0.459. The molecule has 0 atom stereocenters. The molecule has 2 nitrogen and oxygen atoms in total. The van der Waals surface area contributed by atoms with E-state index in [0.717, 1.165) is 12.1 Å². The van der Waals surface area contributed by atoms with Crippen molar-refractivity contribution < 1.29 is 27.1 Å². The van der Waals surface area contributed by atoms with Crippen LogP contribution in [0.15, 0.2) is 36.4 Å². The number of carbonyl (C=O) groups excluding carboxylic acids is 1. The molecule has 0 N–H and O–H groups in total. The normalized spacial score (nSPS) is 12.1. The van der Waals surface area contributed by atoms with Crippen LogP contribution < -0.4 is 4.74 Å². The zero-order valence-electron chi connectivity index (χ0n) is 9.37. The molecule has 1 aromatic carbocycles. The number of ketones is 1. The Hall–Kier alpha value is -1.85. The second kappa shape index (κ2) is 5.66. The summed E-state index contributed by atoms with van der Waals surface area (Å²) in [4.78, 5) is 11.5. The molecule has 18 heavy (non-hydrogen) atoms. The Morgan fingerprint density at radius 2 is 1.94 bits per heavy atom. The van der Waals surface area contributed by atoms with E-state index in [0.29, 0.717) is 0 Å². The summed E-state index contributed by atoms with van der Waals surface area (Å²) < 4.78 is 53.5. The maximum Gasteiger partial charge on any atom is 0.461 e. The molecule has 0 spiro atoms. The van der Waals surface area contributed by atoms with Crippen LogP contribution in [-0.4, -0.2) is 18.3 Å². The van der Waals surface area contributed by atoms with Crippen LogP contribution in [0.3, 0.4) is 0 Å². The van der Waals surface area contributed by atoms with Crippen molar-refractivity contribution in [1.82, 2.24) is 0 Å². The van der Waals surface area contributed by atoms with Gasteiger partial charge in [0, 0.05) is 0 Å². The van der Waals surface area contributed by atoms with Crippen LogP contribution in [0.4, 0.5) is 17.6 Å². The van der Waals surface area contributed by atoms with Crippen LogP contribution in [-0.2, 0) is 0 Å². The van der Waals surface area contributed by atoms with E-state index in [1.54, 1.807) is 6.92 Å². The Kier molecular flexibility index (Phi) is 4.47. The maximum atomic E-state index is 12.8. The van der Waals surface area contributed by atoms with Gasteiger partial charge in [-0.05, 0) is 25.1 Å². The minimum Gasteiger partial charge on any atom is -0.428 e. The Balaban J connectivity index is 3.07. The zero-order chi connectivity index (χ0) is 13.8. The van der Waals surface area contributed by atoms with Gasteiger partial charge in [0.2, 0.25) is 0 Å². The highest BCUT2D eigenvalue weighted by Crippen LogP contribution is 2.30. The van der Waals surface area contributed by atoms with Crippen molar-refractivity contribution in [3.63, 3.8) is 0 Å². The Bertz CT molecular complexity index is 455. The van der Waals surface area contributed by atoms with Crippen LogP contribution >= 0.6 is 0 Å². The molecule has 0 amide bonds. The fourth-order valence-corrected chi connectivity index (χ4v) is 1.19. The third kappa shape index (κ3) is 3.32. The van der Waals surface area contributed by atoms with Crippen molar-refractivity contribution in [3.8, 4) is 5.75 Å². The standard InChI is InChI=1S/C12H10F4O2/c1-2-5-9(17)8-6-3-4-7-10(8)18-12(15,16)11(13)14/h2-7,11H,1H3. The van der Waals surface area contributed by atoms with Gasteiger partial charge in [-0.2, -0.15) is 17.6 Å². The van der Waals surface area contributed by atoms with Crippen molar-refractivity contribution >= 4 is 5.78 Å². The number of rotatable bonds is 5. The van der Waals surface area contributed by atoms with Gasteiger partial charge in [-0.1, -0.05) is 18.2 Å². The molecular formula is C12H10F4O2. The van der Waals surface area contributed by atoms with Crippen molar-refractivity contribution in [1.29, 1.82) is 0 Å². The van der Waals surface area contributed by atoms with Crippen LogP contribution in [0.25, 0.3) is 0 Å². The SMILES string of the molecule is CC=CC(=O)c1ccccc1OC(F)(F)C(F)F. The first-order valence-electron chi connectivity index (χ1n) is 4.99. The summed E-state index contributed by atoms with van der Waals surface area (Å²) in [5, 5.41) is 0. The van der Waals surface area contributed by atoms with Crippen molar-refractivity contribution in [2.75, 3.05) is 0 Å². The second-order valence-electron chi connectivity index (χ2n) is 3.32. The summed E-state index contributed by atoms with van der Waals surface area (Å²) in [6.07, 6.45) is -6.07. The number of hydrogen-bond acceptors (Lipinski definition) is 2. The van der Waals surface area contributed by atoms with E-state index in [-0.39, 0.29) is 5.56 Å². The number of hydrogen-bond donors (Lipinski definition) is 0. The highest BCUT2D eigenvalue weighted by molar-refractivity contribution is 6.06. The first-order chi connectivity index (χ1) is 8.38. The molecule has 0 bridgehead atoms. The summed E-state index contributed by atoms with van der Waals surface area (Å²) in [5.74, 6) is -1.18. The van der Waals surface area contributed by atoms with Crippen LogP contribution in [0, 0.1) is 0 Å². The molecule has 0 aliphatic rings. The Morgan fingerprint density at radius 3 is 2.50 bits per heavy atom. The van der Waals surface area contributed by atoms with Gasteiger partial charge < -0.3 is 4.74 Å². The van der Waals surface area contributed by atoms with Crippen molar-refractivity contribution in [2.45, 2.75) is 19.5 Å². The van der Waals surface area contributed by atoms with Gasteiger partial charge in [0.1, 0.15) is 5.75 Å². The van der Waals surface area contributed by atoms with Crippen molar-refractivity contribution in [2.24, 2.45) is 0 Å². The smallest absolute Gasteiger partial charge is 0.428 e. The number of alkyl halides is 4. The lowest BCUT2D eigenvalue weighted by Crippen LogP contribution is -2.33. The predicted molar refractivity (Wildman–Crippen MR) is 57.2 cm³/mol.